The van der Waals surface area contributed by atoms with E-state index in [1.165, 1.54) is 13.2 Å². The van der Waals surface area contributed by atoms with Gasteiger partial charge < -0.3 is 20.1 Å². The number of esters is 1. The highest BCUT2D eigenvalue weighted by molar-refractivity contribution is 8.00. The van der Waals surface area contributed by atoms with Crippen LogP contribution in [0.1, 0.15) is 30.6 Å². The zero-order valence-electron chi connectivity index (χ0n) is 18.1. The topological polar surface area (TPSA) is 143 Å². The molecule has 1 fully saturated rings. The van der Waals surface area contributed by atoms with Gasteiger partial charge in [0.15, 0.2) is 6.61 Å². The molecule has 0 bridgehead atoms. The molecule has 1 saturated heterocycles. The Kier molecular flexibility index (Phi) is 9.02. The predicted octanol–water partition coefficient (Wildman–Crippen LogP) is 0.450. The molecule has 1 heterocycles. The maximum atomic E-state index is 12.4. The van der Waals surface area contributed by atoms with Gasteiger partial charge >= 0.3 is 12.0 Å². The normalized spacial score (nSPS) is 17.7. The molecule has 11 nitrogen and oxygen atoms in total. The number of amides is 5. The van der Waals surface area contributed by atoms with Gasteiger partial charge in [0.25, 0.3) is 11.8 Å². The highest BCUT2D eigenvalue weighted by Crippen LogP contribution is 2.23. The summed E-state index contributed by atoms with van der Waals surface area (Å²) in [4.78, 5) is 61.2. The largest absolute Gasteiger partial charge is 0.452 e. The number of hydrogen-bond donors (Lipinski definition) is 3. The molecule has 0 aromatic heterocycles. The number of urea groups is 1. The number of benzene rings is 1. The van der Waals surface area contributed by atoms with E-state index in [0.29, 0.717) is 29.5 Å². The van der Waals surface area contributed by atoms with Gasteiger partial charge in [-0.2, -0.15) is 5.01 Å². The number of hydrogen-bond acceptors (Lipinski definition) is 8. The van der Waals surface area contributed by atoms with Gasteiger partial charge in [-0.15, -0.1) is 11.8 Å². The Morgan fingerprint density at radius 1 is 1.19 bits per heavy atom. The summed E-state index contributed by atoms with van der Waals surface area (Å²) in [5, 5.41) is 5.75. The van der Waals surface area contributed by atoms with Crippen molar-refractivity contribution in [3.8, 4) is 0 Å². The zero-order chi connectivity index (χ0) is 23.7. The van der Waals surface area contributed by atoms with Crippen LogP contribution in [0.2, 0.25) is 0 Å². The van der Waals surface area contributed by atoms with Crippen LogP contribution in [0.5, 0.6) is 0 Å². The van der Waals surface area contributed by atoms with Gasteiger partial charge in [-0.3, -0.25) is 19.8 Å². The number of thioether (sulfide) groups is 1. The van der Waals surface area contributed by atoms with Crippen LogP contribution in [0.15, 0.2) is 29.2 Å². The van der Waals surface area contributed by atoms with Crippen molar-refractivity contribution in [2.75, 3.05) is 32.6 Å². The quantitative estimate of drug-likeness (QED) is 0.185. The number of methoxy groups -OCH3 is 1. The molecule has 5 amide bonds. The standard InChI is InChI=1S/C20H26N4O7S/c1-4-20(2)18(28)24(19(29)22-20)23-15(25)11-31-17(27)13-7-5-6-8-14(13)32-12-16(26)21-9-10-30-3/h5-8H,4,9-12H2,1-3H3,(H,21,26)(H,22,29)(H,23,25). The Balaban J connectivity index is 1.89. The number of nitrogens with zero attached hydrogens (tertiary/aromatic N) is 1. The Bertz CT molecular complexity index is 894. The fourth-order valence-corrected chi connectivity index (χ4v) is 3.51. The lowest BCUT2D eigenvalue weighted by Crippen LogP contribution is -2.49. The highest BCUT2D eigenvalue weighted by Gasteiger charge is 2.47. The molecule has 174 valence electrons. The SMILES string of the molecule is CCC1(C)NC(=O)N(NC(=O)COC(=O)c2ccccc2SCC(=O)NCCOC)C1=O. The zero-order valence-corrected chi connectivity index (χ0v) is 18.9. The summed E-state index contributed by atoms with van der Waals surface area (Å²) in [5.41, 5.74) is 1.22. The second kappa shape index (κ2) is 11.5. The molecule has 1 aromatic carbocycles. The molecule has 12 heteroatoms. The van der Waals surface area contributed by atoms with E-state index >= 15 is 0 Å². The van der Waals surface area contributed by atoms with E-state index in [1.807, 2.05) is 0 Å². The minimum atomic E-state index is -1.10. The van der Waals surface area contributed by atoms with E-state index < -0.39 is 36.0 Å². The van der Waals surface area contributed by atoms with Crippen molar-refractivity contribution in [1.82, 2.24) is 21.1 Å². The molecule has 1 unspecified atom stereocenters. The van der Waals surface area contributed by atoms with Crippen molar-refractivity contribution in [2.45, 2.75) is 30.7 Å². The molecule has 0 saturated carbocycles. The van der Waals surface area contributed by atoms with Crippen LogP contribution < -0.4 is 16.1 Å². The summed E-state index contributed by atoms with van der Waals surface area (Å²) in [6.45, 7) is 3.35. The molecule has 1 aliphatic rings. The lowest BCUT2D eigenvalue weighted by atomic mass is 10.00. The van der Waals surface area contributed by atoms with Crippen molar-refractivity contribution in [3.63, 3.8) is 0 Å². The third-order valence-corrected chi connectivity index (χ3v) is 5.71. The molecular formula is C20H26N4O7S. The third-order valence-electron chi connectivity index (χ3n) is 4.63. The first kappa shape index (κ1) is 25.1. The van der Waals surface area contributed by atoms with Gasteiger partial charge in [-0.25, -0.2) is 9.59 Å². The first-order chi connectivity index (χ1) is 15.2. The van der Waals surface area contributed by atoms with Crippen LogP contribution in [-0.2, 0) is 23.9 Å². The van der Waals surface area contributed by atoms with E-state index in [1.54, 1.807) is 32.0 Å². The molecule has 1 aliphatic heterocycles. The molecule has 32 heavy (non-hydrogen) atoms. The number of carbonyl (C=O) groups excluding carboxylic acids is 5. The molecule has 1 atom stereocenters. The molecule has 1 aromatic rings. The Hall–Kier alpha value is -3.12. The average molecular weight is 467 g/mol. The second-order valence-corrected chi connectivity index (χ2v) is 8.01. The van der Waals surface area contributed by atoms with Gasteiger partial charge in [0.05, 0.1) is 17.9 Å². The van der Waals surface area contributed by atoms with E-state index in [-0.39, 0.29) is 17.2 Å². The van der Waals surface area contributed by atoms with Crippen LogP contribution in [0.4, 0.5) is 4.79 Å². The summed E-state index contributed by atoms with van der Waals surface area (Å²) in [6.07, 6.45) is 0.345. The molecule has 2 rings (SSSR count). The lowest BCUT2D eigenvalue weighted by Gasteiger charge is -2.19. The number of imide groups is 1. The van der Waals surface area contributed by atoms with E-state index in [2.05, 4.69) is 16.1 Å². The number of hydrazine groups is 1. The number of ether oxygens (including phenoxy) is 2. The summed E-state index contributed by atoms with van der Waals surface area (Å²) < 4.78 is 9.89. The summed E-state index contributed by atoms with van der Waals surface area (Å²) >= 11 is 1.14. The predicted molar refractivity (Wildman–Crippen MR) is 115 cm³/mol. The van der Waals surface area contributed by atoms with Crippen LogP contribution >= 0.6 is 11.8 Å². The van der Waals surface area contributed by atoms with Crippen LogP contribution in [-0.4, -0.2) is 72.9 Å². The smallest absolute Gasteiger partial charge is 0.344 e. The Labute approximate surface area is 189 Å². The number of nitrogens with one attached hydrogen (secondary N) is 3. The van der Waals surface area contributed by atoms with Crippen molar-refractivity contribution < 1.29 is 33.4 Å². The van der Waals surface area contributed by atoms with E-state index in [4.69, 9.17) is 9.47 Å². The lowest BCUT2D eigenvalue weighted by molar-refractivity contribution is -0.139. The minimum Gasteiger partial charge on any atom is -0.452 e. The van der Waals surface area contributed by atoms with Crippen LogP contribution in [0, 0.1) is 0 Å². The summed E-state index contributed by atoms with van der Waals surface area (Å²) in [6, 6.07) is 5.73. The van der Waals surface area contributed by atoms with Crippen molar-refractivity contribution >= 4 is 41.5 Å². The van der Waals surface area contributed by atoms with E-state index in [0.717, 1.165) is 11.8 Å². The van der Waals surface area contributed by atoms with Crippen molar-refractivity contribution in [3.05, 3.63) is 29.8 Å². The monoisotopic (exact) mass is 466 g/mol. The van der Waals surface area contributed by atoms with Crippen molar-refractivity contribution in [2.24, 2.45) is 0 Å². The highest BCUT2D eigenvalue weighted by atomic mass is 32.2. The maximum absolute atomic E-state index is 12.4. The summed E-state index contributed by atoms with van der Waals surface area (Å²) in [5.74, 6) is -2.36. The fourth-order valence-electron chi connectivity index (χ4n) is 2.64. The number of rotatable bonds is 11. The minimum absolute atomic E-state index is 0.0802. The molecular weight excluding hydrogens is 440 g/mol. The first-order valence-corrected chi connectivity index (χ1v) is 10.8. The van der Waals surface area contributed by atoms with E-state index in [9.17, 15) is 24.0 Å². The third kappa shape index (κ3) is 6.44. The number of carbonyl (C=O) groups is 5. The van der Waals surface area contributed by atoms with Gasteiger partial charge in [0, 0.05) is 18.6 Å². The first-order valence-electron chi connectivity index (χ1n) is 9.82. The molecule has 0 radical (unpaired) electrons. The average Bonchev–Trinajstić information content (AvgIpc) is 2.99. The second-order valence-electron chi connectivity index (χ2n) is 7.00. The van der Waals surface area contributed by atoms with Gasteiger partial charge in [0.1, 0.15) is 5.54 Å². The Morgan fingerprint density at radius 3 is 2.56 bits per heavy atom. The molecule has 0 spiro atoms. The van der Waals surface area contributed by atoms with Crippen LogP contribution in [0.25, 0.3) is 0 Å². The maximum Gasteiger partial charge on any atom is 0.344 e. The van der Waals surface area contributed by atoms with Crippen LogP contribution in [0.3, 0.4) is 0 Å². The van der Waals surface area contributed by atoms with Gasteiger partial charge in [-0.1, -0.05) is 19.1 Å². The van der Waals surface area contributed by atoms with Gasteiger partial charge in [-0.05, 0) is 25.5 Å². The fraction of sp³-hybridized carbons (Fsp3) is 0.450. The summed E-state index contributed by atoms with van der Waals surface area (Å²) in [7, 11) is 1.53. The van der Waals surface area contributed by atoms with Crippen molar-refractivity contribution in [1.29, 1.82) is 0 Å². The molecule has 0 aliphatic carbocycles. The van der Waals surface area contributed by atoms with Gasteiger partial charge in [0.2, 0.25) is 5.91 Å². The molecule has 3 N–H and O–H groups in total. The Morgan fingerprint density at radius 2 is 1.91 bits per heavy atom.